The van der Waals surface area contributed by atoms with Crippen molar-refractivity contribution >= 4 is 11.0 Å². The van der Waals surface area contributed by atoms with Crippen molar-refractivity contribution in [3.8, 4) is 0 Å². The molecular formula is C16H23N3. The predicted octanol–water partition coefficient (Wildman–Crippen LogP) is 3.72. The molecule has 0 aliphatic rings. The minimum absolute atomic E-state index is 0.303. The van der Waals surface area contributed by atoms with Gasteiger partial charge in [0, 0.05) is 0 Å². The fourth-order valence-corrected chi connectivity index (χ4v) is 2.61. The Labute approximate surface area is 115 Å². The molecule has 0 spiro atoms. The van der Waals surface area contributed by atoms with Gasteiger partial charge in [0.15, 0.2) is 0 Å². The van der Waals surface area contributed by atoms with Gasteiger partial charge in [-0.15, -0.1) is 0 Å². The number of nitrogens with zero attached hydrogens (tertiary/aromatic N) is 2. The molecule has 0 aliphatic heterocycles. The lowest BCUT2D eigenvalue weighted by Crippen LogP contribution is -2.28. The molecule has 2 aromatic rings. The summed E-state index contributed by atoms with van der Waals surface area (Å²) in [6.07, 6.45) is 4.24. The summed E-state index contributed by atoms with van der Waals surface area (Å²) >= 11 is 0. The lowest BCUT2D eigenvalue weighted by molar-refractivity contribution is 0.340. The quantitative estimate of drug-likeness (QED) is 0.857. The van der Waals surface area contributed by atoms with Crippen LogP contribution >= 0.6 is 0 Å². The van der Waals surface area contributed by atoms with E-state index in [-0.39, 0.29) is 0 Å². The van der Waals surface area contributed by atoms with Crippen LogP contribution in [-0.4, -0.2) is 16.5 Å². The van der Waals surface area contributed by atoms with E-state index in [1.54, 1.807) is 0 Å². The van der Waals surface area contributed by atoms with Crippen LogP contribution in [0.25, 0.3) is 11.0 Å². The van der Waals surface area contributed by atoms with Crippen LogP contribution in [-0.2, 0) is 0 Å². The van der Waals surface area contributed by atoms with Gasteiger partial charge < -0.3 is 5.32 Å². The van der Waals surface area contributed by atoms with Crippen LogP contribution in [0.3, 0.4) is 0 Å². The molecule has 19 heavy (non-hydrogen) atoms. The Balaban J connectivity index is 2.37. The standard InChI is InChI=1S/C16H23N3/c1-4-12(5-2)16(17-6-3)15-11-18-13-9-7-8-10-14(13)19-15/h7-12,16-17H,4-6H2,1-3H3. The number of nitrogens with one attached hydrogen (secondary N) is 1. The van der Waals surface area contributed by atoms with Crippen molar-refractivity contribution in [2.75, 3.05) is 6.54 Å². The van der Waals surface area contributed by atoms with E-state index in [2.05, 4.69) is 31.1 Å². The predicted molar refractivity (Wildman–Crippen MR) is 80.0 cm³/mol. The molecule has 1 unspecified atom stereocenters. The Kier molecular flexibility index (Phi) is 4.86. The maximum atomic E-state index is 4.79. The molecule has 2 rings (SSSR count). The maximum absolute atomic E-state index is 4.79. The van der Waals surface area contributed by atoms with Gasteiger partial charge in [-0.2, -0.15) is 0 Å². The zero-order chi connectivity index (χ0) is 13.7. The average Bonchev–Trinajstić information content (AvgIpc) is 2.47. The lowest BCUT2D eigenvalue weighted by atomic mass is 9.92. The number of benzene rings is 1. The number of hydrogen-bond donors (Lipinski definition) is 1. The van der Waals surface area contributed by atoms with Crippen LogP contribution in [0.2, 0.25) is 0 Å². The second kappa shape index (κ2) is 6.62. The first-order valence-corrected chi connectivity index (χ1v) is 7.25. The molecule has 0 fully saturated rings. The van der Waals surface area contributed by atoms with Crippen molar-refractivity contribution < 1.29 is 0 Å². The molecule has 1 aromatic heterocycles. The van der Waals surface area contributed by atoms with E-state index >= 15 is 0 Å². The molecule has 102 valence electrons. The van der Waals surface area contributed by atoms with Gasteiger partial charge in [-0.25, -0.2) is 4.98 Å². The van der Waals surface area contributed by atoms with Crippen LogP contribution in [0.5, 0.6) is 0 Å². The Morgan fingerprint density at radius 3 is 2.37 bits per heavy atom. The highest BCUT2D eigenvalue weighted by molar-refractivity contribution is 5.73. The van der Waals surface area contributed by atoms with Gasteiger partial charge >= 0.3 is 0 Å². The van der Waals surface area contributed by atoms with Crippen molar-refractivity contribution in [2.24, 2.45) is 5.92 Å². The number of hydrogen-bond acceptors (Lipinski definition) is 3. The third kappa shape index (κ3) is 3.10. The number of para-hydroxylation sites is 2. The SMILES string of the molecule is CCNC(c1cnc2ccccc2n1)C(CC)CC. The highest BCUT2D eigenvalue weighted by Crippen LogP contribution is 2.26. The number of rotatable bonds is 6. The Hall–Kier alpha value is -1.48. The van der Waals surface area contributed by atoms with E-state index in [9.17, 15) is 0 Å². The Bertz CT molecular complexity index is 520. The van der Waals surface area contributed by atoms with Crippen molar-refractivity contribution in [2.45, 2.75) is 39.7 Å². The summed E-state index contributed by atoms with van der Waals surface area (Å²) in [5.41, 5.74) is 3.01. The van der Waals surface area contributed by atoms with Crippen molar-refractivity contribution in [3.05, 3.63) is 36.2 Å². The summed E-state index contributed by atoms with van der Waals surface area (Å²) in [6, 6.07) is 8.35. The molecule has 0 bridgehead atoms. The van der Waals surface area contributed by atoms with Crippen LogP contribution < -0.4 is 5.32 Å². The zero-order valence-electron chi connectivity index (χ0n) is 12.1. The molecule has 0 amide bonds. The van der Waals surface area contributed by atoms with E-state index in [1.165, 1.54) is 0 Å². The zero-order valence-corrected chi connectivity index (χ0v) is 12.1. The molecule has 1 heterocycles. The first kappa shape index (κ1) is 13.9. The van der Waals surface area contributed by atoms with Gasteiger partial charge in [0.25, 0.3) is 0 Å². The second-order valence-corrected chi connectivity index (χ2v) is 4.90. The van der Waals surface area contributed by atoms with Gasteiger partial charge in [-0.1, -0.05) is 45.7 Å². The number of aromatic nitrogens is 2. The molecule has 0 saturated heterocycles. The smallest absolute Gasteiger partial charge is 0.0890 e. The van der Waals surface area contributed by atoms with Crippen LogP contribution in [0.1, 0.15) is 45.3 Å². The summed E-state index contributed by atoms with van der Waals surface area (Å²) in [5, 5.41) is 3.56. The highest BCUT2D eigenvalue weighted by Gasteiger charge is 2.21. The maximum Gasteiger partial charge on any atom is 0.0890 e. The summed E-state index contributed by atoms with van der Waals surface area (Å²) in [6.45, 7) is 7.58. The van der Waals surface area contributed by atoms with Crippen LogP contribution in [0.15, 0.2) is 30.5 Å². The minimum Gasteiger partial charge on any atom is -0.309 e. The van der Waals surface area contributed by atoms with Gasteiger partial charge in [0.2, 0.25) is 0 Å². The molecule has 3 heteroatoms. The first-order valence-electron chi connectivity index (χ1n) is 7.25. The van der Waals surface area contributed by atoms with Crippen molar-refractivity contribution in [1.82, 2.24) is 15.3 Å². The number of fused-ring (bicyclic) bond motifs is 1. The molecule has 1 atom stereocenters. The molecule has 0 saturated carbocycles. The molecule has 0 radical (unpaired) electrons. The van der Waals surface area contributed by atoms with E-state index < -0.39 is 0 Å². The Morgan fingerprint density at radius 1 is 1.05 bits per heavy atom. The highest BCUT2D eigenvalue weighted by atomic mass is 15.0. The molecular weight excluding hydrogens is 234 g/mol. The monoisotopic (exact) mass is 257 g/mol. The normalized spacial score (nSPS) is 13.1. The average molecular weight is 257 g/mol. The topological polar surface area (TPSA) is 37.8 Å². The summed E-state index contributed by atoms with van der Waals surface area (Å²) < 4.78 is 0. The summed E-state index contributed by atoms with van der Waals surface area (Å²) in [4.78, 5) is 9.32. The van der Waals surface area contributed by atoms with Gasteiger partial charge in [0.1, 0.15) is 0 Å². The van der Waals surface area contributed by atoms with Crippen molar-refractivity contribution in [1.29, 1.82) is 0 Å². The fraction of sp³-hybridized carbons (Fsp3) is 0.500. The lowest BCUT2D eigenvalue weighted by Gasteiger charge is -2.25. The van der Waals surface area contributed by atoms with E-state index in [0.29, 0.717) is 12.0 Å². The summed E-state index contributed by atoms with van der Waals surface area (Å²) in [5.74, 6) is 0.607. The van der Waals surface area contributed by atoms with Crippen LogP contribution in [0, 0.1) is 5.92 Å². The van der Waals surface area contributed by atoms with Gasteiger partial charge in [0.05, 0.1) is 29.0 Å². The van der Waals surface area contributed by atoms with Gasteiger partial charge in [-0.3, -0.25) is 4.98 Å². The third-order valence-electron chi connectivity index (χ3n) is 3.73. The van der Waals surface area contributed by atoms with Crippen LogP contribution in [0.4, 0.5) is 0 Å². The first-order chi connectivity index (χ1) is 9.30. The fourth-order valence-electron chi connectivity index (χ4n) is 2.61. The van der Waals surface area contributed by atoms with E-state index in [0.717, 1.165) is 36.1 Å². The third-order valence-corrected chi connectivity index (χ3v) is 3.73. The second-order valence-electron chi connectivity index (χ2n) is 4.90. The minimum atomic E-state index is 0.303. The largest absolute Gasteiger partial charge is 0.309 e. The molecule has 3 nitrogen and oxygen atoms in total. The summed E-state index contributed by atoms with van der Waals surface area (Å²) in [7, 11) is 0. The Morgan fingerprint density at radius 2 is 1.74 bits per heavy atom. The molecule has 1 N–H and O–H groups in total. The molecule has 1 aromatic carbocycles. The van der Waals surface area contributed by atoms with E-state index in [1.807, 2.05) is 30.5 Å². The van der Waals surface area contributed by atoms with E-state index in [4.69, 9.17) is 4.98 Å². The molecule has 0 aliphatic carbocycles. The van der Waals surface area contributed by atoms with Gasteiger partial charge in [-0.05, 0) is 24.6 Å². The van der Waals surface area contributed by atoms with Crippen molar-refractivity contribution in [3.63, 3.8) is 0 Å².